The molecule has 4 aromatic rings. The Morgan fingerprint density at radius 2 is 1.57 bits per heavy atom. The number of carbonyl (C=O) groups is 2. The Morgan fingerprint density at radius 1 is 0.865 bits per heavy atom. The Hall–Kier alpha value is -4.71. The molecule has 0 spiro atoms. The Kier molecular flexibility index (Phi) is 7.36. The van der Waals surface area contributed by atoms with Gasteiger partial charge in [0.1, 0.15) is 5.82 Å². The fourth-order valence-electron chi connectivity index (χ4n) is 3.82. The fraction of sp³-hybridized carbons (Fsp3) is 0.0968. The molecule has 0 aliphatic rings. The highest BCUT2D eigenvalue weighted by Crippen LogP contribution is 2.27. The van der Waals surface area contributed by atoms with Gasteiger partial charge in [-0.2, -0.15) is 0 Å². The molecule has 1 atom stereocenters. The van der Waals surface area contributed by atoms with Crippen molar-refractivity contribution in [2.75, 3.05) is 23.9 Å². The molecule has 0 aliphatic heterocycles. The summed E-state index contributed by atoms with van der Waals surface area (Å²) in [6, 6.07) is 27.4. The molecule has 5 nitrogen and oxygen atoms in total. The summed E-state index contributed by atoms with van der Waals surface area (Å²) in [5.41, 5.74) is 3.76. The van der Waals surface area contributed by atoms with E-state index in [1.807, 2.05) is 43.3 Å². The predicted molar refractivity (Wildman–Crippen MR) is 146 cm³/mol. The first-order chi connectivity index (χ1) is 18.2. The highest BCUT2D eigenvalue weighted by atomic mass is 19.1. The van der Waals surface area contributed by atoms with Gasteiger partial charge in [0.05, 0.1) is 7.89 Å². The second-order valence-corrected chi connectivity index (χ2v) is 8.61. The van der Waals surface area contributed by atoms with E-state index in [1.165, 1.54) is 23.1 Å². The maximum absolute atomic E-state index is 15.5. The van der Waals surface area contributed by atoms with Crippen molar-refractivity contribution in [3.05, 3.63) is 126 Å². The van der Waals surface area contributed by atoms with Gasteiger partial charge < -0.3 is 14.9 Å². The standard InChI is InChI=1S/C31H27FN2O3/c1-33(2)27-16-14-23(15-17-27)25-12-13-26(29(32)20-25)21-34(31(37)24-8-4-3-5-9-24)28-10-6-7-22(19-28)11-18-30(35)36/h3-20H,21H2,1-2H3,(H,35,36)/b18-11+/i21D/t21-/m1/s1. The van der Waals surface area contributed by atoms with Crippen LogP contribution in [0.25, 0.3) is 17.2 Å². The van der Waals surface area contributed by atoms with Gasteiger partial charge in [-0.3, -0.25) is 4.79 Å². The molecule has 0 heterocycles. The van der Waals surface area contributed by atoms with E-state index in [0.717, 1.165) is 17.3 Å². The summed E-state index contributed by atoms with van der Waals surface area (Å²) in [6.07, 6.45) is 2.39. The van der Waals surface area contributed by atoms with E-state index in [9.17, 15) is 9.59 Å². The average Bonchev–Trinajstić information content (AvgIpc) is 2.92. The number of aliphatic carboxylic acids is 1. The molecule has 0 aromatic heterocycles. The normalized spacial score (nSPS) is 12.1. The molecule has 0 radical (unpaired) electrons. The van der Waals surface area contributed by atoms with E-state index in [4.69, 9.17) is 6.48 Å². The lowest BCUT2D eigenvalue weighted by molar-refractivity contribution is -0.131. The second kappa shape index (κ2) is 11.4. The Morgan fingerprint density at radius 3 is 2.22 bits per heavy atom. The largest absolute Gasteiger partial charge is 0.478 e. The Labute approximate surface area is 217 Å². The van der Waals surface area contributed by atoms with E-state index in [0.29, 0.717) is 22.4 Å². The maximum Gasteiger partial charge on any atom is 0.328 e. The van der Waals surface area contributed by atoms with Gasteiger partial charge in [0.15, 0.2) is 0 Å². The van der Waals surface area contributed by atoms with Gasteiger partial charge in [0.25, 0.3) is 5.91 Å². The fourth-order valence-corrected chi connectivity index (χ4v) is 3.82. The summed E-state index contributed by atoms with van der Waals surface area (Å²) in [4.78, 5) is 27.7. The van der Waals surface area contributed by atoms with Crippen molar-refractivity contribution in [3.8, 4) is 11.1 Å². The third-order valence-corrected chi connectivity index (χ3v) is 5.79. The van der Waals surface area contributed by atoms with Crippen molar-refractivity contribution in [2.45, 2.75) is 6.52 Å². The predicted octanol–water partition coefficient (Wildman–Crippen LogP) is 6.50. The van der Waals surface area contributed by atoms with Crippen LogP contribution in [0, 0.1) is 5.82 Å². The number of halogens is 1. The first-order valence-corrected chi connectivity index (χ1v) is 11.6. The molecule has 0 bridgehead atoms. The van der Waals surface area contributed by atoms with Gasteiger partial charge in [-0.05, 0) is 65.2 Å². The number of benzene rings is 4. The molecular formula is C31H27FN2O3. The highest BCUT2D eigenvalue weighted by molar-refractivity contribution is 6.06. The van der Waals surface area contributed by atoms with Crippen LogP contribution in [-0.2, 0) is 11.3 Å². The minimum absolute atomic E-state index is 0.0365. The molecule has 4 rings (SSSR count). The summed E-state index contributed by atoms with van der Waals surface area (Å²) >= 11 is 0. The zero-order chi connectivity index (χ0) is 27.2. The summed E-state index contributed by atoms with van der Waals surface area (Å²) in [5.74, 6) is -2.19. The second-order valence-electron chi connectivity index (χ2n) is 8.61. The molecule has 0 saturated heterocycles. The third kappa shape index (κ3) is 6.30. The zero-order valence-corrected chi connectivity index (χ0v) is 20.5. The van der Waals surface area contributed by atoms with Crippen LogP contribution in [0.4, 0.5) is 15.8 Å². The molecule has 186 valence electrons. The van der Waals surface area contributed by atoms with Crippen molar-refractivity contribution in [1.29, 1.82) is 0 Å². The van der Waals surface area contributed by atoms with Crippen LogP contribution in [-0.4, -0.2) is 31.1 Å². The van der Waals surface area contributed by atoms with Gasteiger partial charge in [-0.25, -0.2) is 9.18 Å². The summed E-state index contributed by atoms with van der Waals surface area (Å²) in [6.45, 7) is -1.40. The zero-order valence-electron chi connectivity index (χ0n) is 21.5. The van der Waals surface area contributed by atoms with Gasteiger partial charge in [0, 0.05) is 42.7 Å². The molecule has 1 N–H and O–H groups in total. The van der Waals surface area contributed by atoms with Crippen LogP contribution < -0.4 is 9.80 Å². The van der Waals surface area contributed by atoms with Crippen LogP contribution in [0.1, 0.15) is 22.9 Å². The summed E-state index contributed by atoms with van der Waals surface area (Å²) in [5, 5.41) is 8.98. The van der Waals surface area contributed by atoms with Crippen LogP contribution in [0.2, 0.25) is 0 Å². The van der Waals surface area contributed by atoms with Gasteiger partial charge in [-0.15, -0.1) is 0 Å². The number of carboxylic acid groups (broad SMARTS) is 1. The minimum Gasteiger partial charge on any atom is -0.478 e. The number of hydrogen-bond acceptors (Lipinski definition) is 3. The van der Waals surface area contributed by atoms with Crippen molar-refractivity contribution in [3.63, 3.8) is 0 Å². The third-order valence-electron chi connectivity index (χ3n) is 5.79. The molecule has 6 heteroatoms. The lowest BCUT2D eigenvalue weighted by Crippen LogP contribution is -2.30. The van der Waals surface area contributed by atoms with E-state index >= 15 is 4.39 Å². The monoisotopic (exact) mass is 495 g/mol. The van der Waals surface area contributed by atoms with Gasteiger partial charge in [-0.1, -0.05) is 54.6 Å². The number of anilines is 2. The molecule has 0 aliphatic carbocycles. The van der Waals surface area contributed by atoms with E-state index in [-0.39, 0.29) is 5.56 Å². The van der Waals surface area contributed by atoms with Crippen LogP contribution in [0.3, 0.4) is 0 Å². The van der Waals surface area contributed by atoms with E-state index in [2.05, 4.69) is 0 Å². The summed E-state index contributed by atoms with van der Waals surface area (Å²) in [7, 11) is 3.89. The van der Waals surface area contributed by atoms with Crippen molar-refractivity contribution >= 4 is 29.3 Å². The first-order valence-electron chi connectivity index (χ1n) is 12.2. The number of rotatable bonds is 8. The summed E-state index contributed by atoms with van der Waals surface area (Å²) < 4.78 is 24.4. The molecule has 0 unspecified atom stereocenters. The van der Waals surface area contributed by atoms with Crippen molar-refractivity contribution in [1.82, 2.24) is 0 Å². The number of carboxylic acids is 1. The van der Waals surface area contributed by atoms with E-state index < -0.39 is 24.2 Å². The van der Waals surface area contributed by atoms with Gasteiger partial charge in [0.2, 0.25) is 0 Å². The molecule has 1 amide bonds. The molecule has 4 aromatic carbocycles. The first kappa shape index (κ1) is 24.0. The van der Waals surface area contributed by atoms with Crippen LogP contribution >= 0.6 is 0 Å². The topological polar surface area (TPSA) is 60.9 Å². The Bertz CT molecular complexity index is 1470. The molecular weight excluding hydrogens is 467 g/mol. The van der Waals surface area contributed by atoms with Crippen molar-refractivity contribution in [2.24, 2.45) is 0 Å². The number of amides is 1. The lowest BCUT2D eigenvalue weighted by atomic mass is 10.0. The maximum atomic E-state index is 15.5. The smallest absolute Gasteiger partial charge is 0.328 e. The highest BCUT2D eigenvalue weighted by Gasteiger charge is 2.20. The lowest BCUT2D eigenvalue weighted by Gasteiger charge is -2.24. The van der Waals surface area contributed by atoms with E-state index in [1.54, 1.807) is 60.7 Å². The molecule has 0 saturated carbocycles. The van der Waals surface area contributed by atoms with Crippen LogP contribution in [0.15, 0.2) is 103 Å². The number of nitrogens with zero attached hydrogens (tertiary/aromatic N) is 2. The van der Waals surface area contributed by atoms with Crippen LogP contribution in [0.5, 0.6) is 0 Å². The number of hydrogen-bond donors (Lipinski definition) is 1. The minimum atomic E-state index is -1.40. The van der Waals surface area contributed by atoms with Gasteiger partial charge >= 0.3 is 5.97 Å². The number of carbonyl (C=O) groups excluding carboxylic acids is 1. The SMILES string of the molecule is [2H][C@H](c1ccc(-c2ccc(N(C)C)cc2)cc1F)N(C(=O)c1ccccc1)c1cccc(/C=C/C(=O)O)c1. The molecule has 37 heavy (non-hydrogen) atoms. The molecule has 0 fully saturated rings. The van der Waals surface area contributed by atoms with Crippen molar-refractivity contribution < 1.29 is 20.5 Å². The Balaban J connectivity index is 1.73. The quantitative estimate of drug-likeness (QED) is 0.283. The average molecular weight is 496 g/mol.